The highest BCUT2D eigenvalue weighted by Gasteiger charge is 2.21. The maximum Gasteiger partial charge on any atom is 0.119 e. The molecule has 0 amide bonds. The number of hydrogen-bond donors (Lipinski definition) is 0. The molecule has 138 valence electrons. The standard InChI is InChI=1S/C23H30N2O/c1-24-13-5-8-22(24)12-15-26-23-10-9-20-11-14-25(18-21(20)16-23)17-19-6-3-2-4-7-19/h2-4,6-7,9-10,16,22H,5,8,11-15,17-18H2,1H3. The first-order chi connectivity index (χ1) is 12.8. The van der Waals surface area contributed by atoms with Crippen LogP contribution < -0.4 is 4.74 Å². The third-order valence-electron chi connectivity index (χ3n) is 5.91. The molecule has 0 bridgehead atoms. The minimum Gasteiger partial charge on any atom is -0.494 e. The van der Waals surface area contributed by atoms with Gasteiger partial charge in [0.25, 0.3) is 0 Å². The van der Waals surface area contributed by atoms with Crippen molar-refractivity contribution < 1.29 is 4.74 Å². The molecule has 0 spiro atoms. The molecular formula is C23H30N2O. The second kappa shape index (κ2) is 8.24. The van der Waals surface area contributed by atoms with E-state index >= 15 is 0 Å². The summed E-state index contributed by atoms with van der Waals surface area (Å²) in [6, 6.07) is 18.2. The molecule has 1 fully saturated rings. The summed E-state index contributed by atoms with van der Waals surface area (Å²) in [4.78, 5) is 5.01. The summed E-state index contributed by atoms with van der Waals surface area (Å²) in [5.74, 6) is 1.03. The number of benzene rings is 2. The van der Waals surface area contributed by atoms with E-state index in [-0.39, 0.29) is 0 Å². The number of likely N-dealkylation sites (tertiary alicyclic amines) is 1. The zero-order chi connectivity index (χ0) is 17.8. The quantitative estimate of drug-likeness (QED) is 0.780. The van der Waals surface area contributed by atoms with Crippen molar-refractivity contribution in [3.63, 3.8) is 0 Å². The van der Waals surface area contributed by atoms with Crippen LogP contribution in [0, 0.1) is 0 Å². The van der Waals surface area contributed by atoms with Crippen molar-refractivity contribution in [2.24, 2.45) is 0 Å². The fourth-order valence-electron chi connectivity index (χ4n) is 4.32. The van der Waals surface area contributed by atoms with Crippen LogP contribution in [0.4, 0.5) is 0 Å². The molecule has 4 rings (SSSR count). The summed E-state index contributed by atoms with van der Waals surface area (Å²) < 4.78 is 6.09. The highest BCUT2D eigenvalue weighted by Crippen LogP contribution is 2.25. The van der Waals surface area contributed by atoms with Crippen molar-refractivity contribution in [1.82, 2.24) is 9.80 Å². The van der Waals surface area contributed by atoms with Crippen molar-refractivity contribution in [2.75, 3.05) is 26.7 Å². The fourth-order valence-corrected chi connectivity index (χ4v) is 4.32. The molecule has 3 nitrogen and oxygen atoms in total. The molecule has 2 aliphatic heterocycles. The summed E-state index contributed by atoms with van der Waals surface area (Å²) in [6.45, 7) is 5.24. The zero-order valence-corrected chi connectivity index (χ0v) is 15.9. The van der Waals surface area contributed by atoms with Crippen molar-refractivity contribution in [3.05, 3.63) is 65.2 Å². The van der Waals surface area contributed by atoms with Crippen molar-refractivity contribution in [1.29, 1.82) is 0 Å². The van der Waals surface area contributed by atoms with Crippen molar-refractivity contribution in [2.45, 2.75) is 44.8 Å². The number of rotatable bonds is 6. The Balaban J connectivity index is 1.33. The maximum atomic E-state index is 6.09. The van der Waals surface area contributed by atoms with Crippen LogP contribution in [0.25, 0.3) is 0 Å². The first-order valence-corrected chi connectivity index (χ1v) is 9.99. The molecule has 2 aromatic carbocycles. The van der Waals surface area contributed by atoms with Gasteiger partial charge in [0.2, 0.25) is 0 Å². The maximum absolute atomic E-state index is 6.09. The van der Waals surface area contributed by atoms with Crippen molar-refractivity contribution >= 4 is 0 Å². The number of nitrogens with zero attached hydrogens (tertiary/aromatic N) is 2. The predicted molar refractivity (Wildman–Crippen MR) is 106 cm³/mol. The molecule has 0 N–H and O–H groups in total. The Morgan fingerprint density at radius 3 is 2.73 bits per heavy atom. The van der Waals surface area contributed by atoms with Gasteiger partial charge in [-0.25, -0.2) is 0 Å². The average molecular weight is 351 g/mol. The van der Waals surface area contributed by atoms with Gasteiger partial charge in [-0.05, 0) is 68.1 Å². The van der Waals surface area contributed by atoms with E-state index in [1.54, 1.807) is 0 Å². The Labute approximate surface area is 157 Å². The molecule has 1 saturated heterocycles. The Bertz CT molecular complexity index is 715. The summed E-state index contributed by atoms with van der Waals surface area (Å²) >= 11 is 0. The SMILES string of the molecule is CN1CCCC1CCOc1ccc2c(c1)CN(Cc1ccccc1)CC2. The minimum atomic E-state index is 0.703. The number of fused-ring (bicyclic) bond motifs is 1. The van der Waals surface area contributed by atoms with Gasteiger partial charge in [-0.15, -0.1) is 0 Å². The van der Waals surface area contributed by atoms with Gasteiger partial charge in [-0.1, -0.05) is 36.4 Å². The summed E-state index contributed by atoms with van der Waals surface area (Å²) in [6.07, 6.45) is 4.92. The lowest BCUT2D eigenvalue weighted by Gasteiger charge is -2.29. The Kier molecular flexibility index (Phi) is 5.57. The fraction of sp³-hybridized carbons (Fsp3) is 0.478. The molecule has 0 saturated carbocycles. The molecule has 2 aromatic rings. The molecule has 26 heavy (non-hydrogen) atoms. The summed E-state index contributed by atoms with van der Waals surface area (Å²) in [5, 5.41) is 0. The van der Waals surface area contributed by atoms with E-state index in [4.69, 9.17) is 4.74 Å². The normalized spacial score (nSPS) is 20.9. The monoisotopic (exact) mass is 350 g/mol. The summed E-state index contributed by atoms with van der Waals surface area (Å²) in [7, 11) is 2.23. The van der Waals surface area contributed by atoms with Gasteiger partial charge in [-0.3, -0.25) is 4.90 Å². The van der Waals surface area contributed by atoms with Gasteiger partial charge in [0.15, 0.2) is 0 Å². The zero-order valence-electron chi connectivity index (χ0n) is 15.9. The van der Waals surface area contributed by atoms with Gasteiger partial charge in [0, 0.05) is 25.7 Å². The molecule has 2 aliphatic rings. The largest absolute Gasteiger partial charge is 0.494 e. The summed E-state index contributed by atoms with van der Waals surface area (Å²) in [5.41, 5.74) is 4.31. The Morgan fingerprint density at radius 1 is 1.04 bits per heavy atom. The molecule has 2 heterocycles. The van der Waals surface area contributed by atoms with Crippen LogP contribution in [-0.4, -0.2) is 42.6 Å². The highest BCUT2D eigenvalue weighted by atomic mass is 16.5. The molecule has 3 heteroatoms. The van der Waals surface area contributed by atoms with Gasteiger partial charge >= 0.3 is 0 Å². The van der Waals surface area contributed by atoms with E-state index in [0.29, 0.717) is 6.04 Å². The lowest BCUT2D eigenvalue weighted by molar-refractivity contribution is 0.230. The van der Waals surface area contributed by atoms with E-state index in [1.165, 1.54) is 36.1 Å². The topological polar surface area (TPSA) is 15.7 Å². The third kappa shape index (κ3) is 4.28. The lowest BCUT2D eigenvalue weighted by atomic mass is 9.99. The van der Waals surface area contributed by atoms with Crippen LogP contribution in [0.1, 0.15) is 36.0 Å². The van der Waals surface area contributed by atoms with E-state index < -0.39 is 0 Å². The van der Waals surface area contributed by atoms with Crippen LogP contribution in [0.2, 0.25) is 0 Å². The van der Waals surface area contributed by atoms with E-state index in [9.17, 15) is 0 Å². The average Bonchev–Trinajstić information content (AvgIpc) is 3.07. The van der Waals surface area contributed by atoms with Crippen LogP contribution in [0.3, 0.4) is 0 Å². The smallest absolute Gasteiger partial charge is 0.119 e. The Morgan fingerprint density at radius 2 is 1.92 bits per heavy atom. The first kappa shape index (κ1) is 17.6. The van der Waals surface area contributed by atoms with Crippen LogP contribution in [0.15, 0.2) is 48.5 Å². The van der Waals surface area contributed by atoms with Crippen molar-refractivity contribution in [3.8, 4) is 5.75 Å². The second-order valence-corrected chi connectivity index (χ2v) is 7.79. The molecule has 0 aliphatic carbocycles. The molecule has 0 radical (unpaired) electrons. The molecule has 1 atom stereocenters. The highest BCUT2D eigenvalue weighted by molar-refractivity contribution is 5.37. The molecular weight excluding hydrogens is 320 g/mol. The lowest BCUT2D eigenvalue weighted by Crippen LogP contribution is -2.30. The van der Waals surface area contributed by atoms with Crippen LogP contribution in [-0.2, 0) is 19.5 Å². The third-order valence-corrected chi connectivity index (χ3v) is 5.91. The van der Waals surface area contributed by atoms with Gasteiger partial charge < -0.3 is 9.64 Å². The van der Waals surface area contributed by atoms with E-state index in [2.05, 4.69) is 65.4 Å². The Hall–Kier alpha value is -1.84. The molecule has 1 unspecified atom stereocenters. The van der Waals surface area contributed by atoms with Crippen LogP contribution in [0.5, 0.6) is 5.75 Å². The predicted octanol–water partition coefficient (Wildman–Crippen LogP) is 4.11. The van der Waals surface area contributed by atoms with E-state index in [1.807, 2.05) is 0 Å². The second-order valence-electron chi connectivity index (χ2n) is 7.79. The minimum absolute atomic E-state index is 0.703. The van der Waals surface area contributed by atoms with Gasteiger partial charge in [0.1, 0.15) is 5.75 Å². The number of ether oxygens (including phenoxy) is 1. The van der Waals surface area contributed by atoms with E-state index in [0.717, 1.165) is 44.8 Å². The number of hydrogen-bond acceptors (Lipinski definition) is 3. The first-order valence-electron chi connectivity index (χ1n) is 9.99. The van der Waals surface area contributed by atoms with Gasteiger partial charge in [-0.2, -0.15) is 0 Å². The molecule has 0 aromatic heterocycles. The van der Waals surface area contributed by atoms with Gasteiger partial charge in [0.05, 0.1) is 6.61 Å². The van der Waals surface area contributed by atoms with Crippen LogP contribution >= 0.6 is 0 Å².